The molecule has 0 radical (unpaired) electrons. The Morgan fingerprint density at radius 3 is 2.90 bits per heavy atom. The molecule has 2 aromatic heterocycles. The maximum Gasteiger partial charge on any atom is 0.254 e. The lowest BCUT2D eigenvalue weighted by atomic mass is 10.2. The smallest absolute Gasteiger partial charge is 0.254 e. The van der Waals surface area contributed by atoms with Gasteiger partial charge in [0.05, 0.1) is 18.3 Å². The van der Waals surface area contributed by atoms with Crippen LogP contribution in [-0.2, 0) is 6.54 Å². The largest absolute Gasteiger partial charge is 0.444 e. The zero-order valence-corrected chi connectivity index (χ0v) is 11.9. The quantitative estimate of drug-likeness (QED) is 0.853. The molecule has 0 fully saturated rings. The predicted molar refractivity (Wildman–Crippen MR) is 75.4 cm³/mol. The number of carbonyl (C=O) groups is 1. The average Bonchev–Trinajstić information content (AvgIpc) is 2.89. The van der Waals surface area contributed by atoms with Gasteiger partial charge in [-0.15, -0.1) is 0 Å². The molecule has 0 unspecified atom stereocenters. The molecule has 1 amide bonds. The van der Waals surface area contributed by atoms with Gasteiger partial charge < -0.3 is 15.1 Å². The van der Waals surface area contributed by atoms with Gasteiger partial charge in [0.15, 0.2) is 11.6 Å². The van der Waals surface area contributed by atoms with Gasteiger partial charge in [0.1, 0.15) is 5.76 Å². The number of nitrogens with one attached hydrogen (secondary N) is 2. The van der Waals surface area contributed by atoms with Crippen molar-refractivity contribution in [3.63, 3.8) is 0 Å². The van der Waals surface area contributed by atoms with Crippen molar-refractivity contribution in [2.45, 2.75) is 26.8 Å². The molecule has 21 heavy (non-hydrogen) atoms. The molecule has 0 aliphatic carbocycles. The highest BCUT2D eigenvalue weighted by atomic mass is 19.1. The number of carbonyl (C=O) groups excluding carboxylic acids is 1. The molecule has 2 aromatic rings. The summed E-state index contributed by atoms with van der Waals surface area (Å²) in [7, 11) is 0. The molecule has 2 N–H and O–H groups in total. The highest BCUT2D eigenvalue weighted by Crippen LogP contribution is 2.15. The molecule has 6 nitrogen and oxygen atoms in total. The van der Waals surface area contributed by atoms with Gasteiger partial charge in [-0.1, -0.05) is 6.92 Å². The lowest BCUT2D eigenvalue weighted by Gasteiger charge is -2.08. The van der Waals surface area contributed by atoms with Gasteiger partial charge >= 0.3 is 0 Å². The van der Waals surface area contributed by atoms with Crippen LogP contribution in [0.5, 0.6) is 0 Å². The zero-order valence-electron chi connectivity index (χ0n) is 11.9. The first-order chi connectivity index (χ1) is 10.1. The molecule has 0 atom stereocenters. The SMILES string of the molecule is CCCNc1nccc(C(=O)NCc2ncc(C)o2)c1F. The minimum Gasteiger partial charge on any atom is -0.444 e. The summed E-state index contributed by atoms with van der Waals surface area (Å²) < 4.78 is 19.4. The fraction of sp³-hybridized carbons (Fsp3) is 0.357. The molecular weight excluding hydrogens is 275 g/mol. The van der Waals surface area contributed by atoms with Crippen molar-refractivity contribution in [2.24, 2.45) is 0 Å². The van der Waals surface area contributed by atoms with E-state index in [0.717, 1.165) is 6.42 Å². The van der Waals surface area contributed by atoms with Gasteiger partial charge in [0, 0.05) is 12.7 Å². The molecule has 0 spiro atoms. The third-order valence-corrected chi connectivity index (χ3v) is 2.75. The van der Waals surface area contributed by atoms with Crippen molar-refractivity contribution in [2.75, 3.05) is 11.9 Å². The summed E-state index contributed by atoms with van der Waals surface area (Å²) in [5, 5.41) is 5.40. The van der Waals surface area contributed by atoms with Crippen LogP contribution in [0.15, 0.2) is 22.9 Å². The molecule has 7 heteroatoms. The molecule has 112 valence electrons. The summed E-state index contributed by atoms with van der Waals surface area (Å²) in [6, 6.07) is 1.34. The van der Waals surface area contributed by atoms with Crippen LogP contribution in [0.25, 0.3) is 0 Å². The van der Waals surface area contributed by atoms with E-state index in [2.05, 4.69) is 20.6 Å². The Morgan fingerprint density at radius 2 is 2.24 bits per heavy atom. The summed E-state index contributed by atoms with van der Waals surface area (Å²) in [4.78, 5) is 19.8. The number of rotatable bonds is 6. The molecule has 2 rings (SSSR count). The normalized spacial score (nSPS) is 10.4. The number of nitrogens with zero attached hydrogens (tertiary/aromatic N) is 2. The topological polar surface area (TPSA) is 80.0 Å². The minimum absolute atomic E-state index is 0.0631. The number of oxazole rings is 1. The fourth-order valence-corrected chi connectivity index (χ4v) is 1.72. The fourth-order valence-electron chi connectivity index (χ4n) is 1.72. The zero-order chi connectivity index (χ0) is 15.2. The Bertz CT molecular complexity index is 627. The number of anilines is 1. The number of hydrogen-bond donors (Lipinski definition) is 2. The summed E-state index contributed by atoms with van der Waals surface area (Å²) >= 11 is 0. The molecule has 0 aliphatic rings. The number of halogens is 1. The van der Waals surface area contributed by atoms with E-state index < -0.39 is 11.7 Å². The lowest BCUT2D eigenvalue weighted by molar-refractivity contribution is 0.0943. The van der Waals surface area contributed by atoms with E-state index in [1.165, 1.54) is 12.3 Å². The molecular formula is C14H17FN4O2. The van der Waals surface area contributed by atoms with Crippen molar-refractivity contribution in [1.82, 2.24) is 15.3 Å². The van der Waals surface area contributed by atoms with Crippen molar-refractivity contribution >= 4 is 11.7 Å². The maximum atomic E-state index is 14.2. The lowest BCUT2D eigenvalue weighted by Crippen LogP contribution is -2.24. The minimum atomic E-state index is -0.660. The Balaban J connectivity index is 2.04. The van der Waals surface area contributed by atoms with Crippen LogP contribution in [-0.4, -0.2) is 22.4 Å². The third-order valence-electron chi connectivity index (χ3n) is 2.75. The number of aryl methyl sites for hydroxylation is 1. The van der Waals surface area contributed by atoms with E-state index in [9.17, 15) is 9.18 Å². The van der Waals surface area contributed by atoms with Crippen LogP contribution in [0.4, 0.5) is 10.2 Å². The first-order valence-corrected chi connectivity index (χ1v) is 6.69. The Morgan fingerprint density at radius 1 is 1.43 bits per heavy atom. The third kappa shape index (κ3) is 3.77. The van der Waals surface area contributed by atoms with E-state index in [1.54, 1.807) is 13.1 Å². The van der Waals surface area contributed by atoms with Crippen molar-refractivity contribution in [1.29, 1.82) is 0 Å². The summed E-state index contributed by atoms with van der Waals surface area (Å²) in [5.41, 5.74) is -0.0631. The molecule has 2 heterocycles. The van der Waals surface area contributed by atoms with Gasteiger partial charge in [0.25, 0.3) is 5.91 Å². The van der Waals surface area contributed by atoms with Crippen molar-refractivity contribution in [3.8, 4) is 0 Å². The van der Waals surface area contributed by atoms with Crippen LogP contribution in [0.2, 0.25) is 0 Å². The number of aromatic nitrogens is 2. The first-order valence-electron chi connectivity index (χ1n) is 6.69. The molecule has 0 aromatic carbocycles. The predicted octanol–water partition coefficient (Wildman–Crippen LogP) is 2.27. The van der Waals surface area contributed by atoms with E-state index in [1.807, 2.05) is 6.92 Å². The Labute approximate surface area is 121 Å². The van der Waals surface area contributed by atoms with Gasteiger partial charge in [-0.05, 0) is 19.4 Å². The van der Waals surface area contributed by atoms with Gasteiger partial charge in [-0.25, -0.2) is 14.4 Å². The second-order valence-corrected chi connectivity index (χ2v) is 4.50. The van der Waals surface area contributed by atoms with Gasteiger partial charge in [-0.2, -0.15) is 0 Å². The first kappa shape index (κ1) is 15.0. The highest BCUT2D eigenvalue weighted by molar-refractivity contribution is 5.95. The van der Waals surface area contributed by atoms with Crippen LogP contribution in [0, 0.1) is 12.7 Å². The summed E-state index contributed by atoms with van der Waals surface area (Å²) in [6.07, 6.45) is 3.79. The second-order valence-electron chi connectivity index (χ2n) is 4.50. The van der Waals surface area contributed by atoms with Gasteiger partial charge in [-0.3, -0.25) is 4.79 Å². The molecule has 0 aliphatic heterocycles. The van der Waals surface area contributed by atoms with E-state index >= 15 is 0 Å². The van der Waals surface area contributed by atoms with Crippen molar-refractivity contribution < 1.29 is 13.6 Å². The van der Waals surface area contributed by atoms with Crippen LogP contribution in [0.1, 0.15) is 35.4 Å². The van der Waals surface area contributed by atoms with E-state index in [4.69, 9.17) is 4.42 Å². The molecule has 0 saturated carbocycles. The van der Waals surface area contributed by atoms with E-state index in [0.29, 0.717) is 18.2 Å². The number of pyridine rings is 1. The maximum absolute atomic E-state index is 14.2. The second kappa shape index (κ2) is 6.83. The molecule has 0 bridgehead atoms. The van der Waals surface area contributed by atoms with Crippen molar-refractivity contribution in [3.05, 3.63) is 41.5 Å². The average molecular weight is 292 g/mol. The standard InChI is InChI=1S/C14H17FN4O2/c1-3-5-16-13-12(15)10(4-6-17-13)14(20)19-8-11-18-7-9(2)21-11/h4,6-7H,3,5,8H2,1-2H3,(H,16,17)(H,19,20). The molecule has 0 saturated heterocycles. The Hall–Kier alpha value is -2.44. The summed E-state index contributed by atoms with van der Waals surface area (Å²) in [6.45, 7) is 4.41. The van der Waals surface area contributed by atoms with E-state index in [-0.39, 0.29) is 17.9 Å². The number of amides is 1. The van der Waals surface area contributed by atoms with Crippen LogP contribution >= 0.6 is 0 Å². The summed E-state index contributed by atoms with van der Waals surface area (Å²) in [5.74, 6) is -0.0890. The number of hydrogen-bond acceptors (Lipinski definition) is 5. The van der Waals surface area contributed by atoms with Crippen LogP contribution < -0.4 is 10.6 Å². The highest BCUT2D eigenvalue weighted by Gasteiger charge is 2.16. The van der Waals surface area contributed by atoms with Gasteiger partial charge in [0.2, 0.25) is 5.89 Å². The van der Waals surface area contributed by atoms with Crippen LogP contribution in [0.3, 0.4) is 0 Å². The monoisotopic (exact) mass is 292 g/mol. The Kier molecular flexibility index (Phi) is 4.86.